The lowest BCUT2D eigenvalue weighted by Gasteiger charge is -2.29. The molecule has 0 unspecified atom stereocenters. The van der Waals surface area contributed by atoms with Gasteiger partial charge in [0.2, 0.25) is 5.82 Å². The molecule has 9 heteroatoms. The molecular weight excluding hydrogens is 441 g/mol. The van der Waals surface area contributed by atoms with Crippen LogP contribution in [-0.2, 0) is 0 Å². The van der Waals surface area contributed by atoms with Gasteiger partial charge < -0.3 is 9.47 Å². The summed E-state index contributed by atoms with van der Waals surface area (Å²) >= 11 is 0. The zero-order chi connectivity index (χ0) is 23.5. The third-order valence-corrected chi connectivity index (χ3v) is 5.68. The molecule has 3 rings (SSSR count). The van der Waals surface area contributed by atoms with Crippen molar-refractivity contribution in [1.29, 1.82) is 0 Å². The molecule has 0 bridgehead atoms. The van der Waals surface area contributed by atoms with Gasteiger partial charge in [0, 0.05) is 12.1 Å². The predicted molar refractivity (Wildman–Crippen MR) is 103 cm³/mol. The molecule has 0 spiro atoms. The average Bonchev–Trinajstić information content (AvgIpc) is 2.74. The molecule has 0 aromatic heterocycles. The molecule has 0 atom stereocenters. The maximum absolute atomic E-state index is 14.6. The lowest BCUT2D eigenvalue weighted by atomic mass is 9.77. The number of alkyl halides is 2. The molecule has 1 aliphatic rings. The Morgan fingerprint density at radius 2 is 1.50 bits per heavy atom. The van der Waals surface area contributed by atoms with Crippen LogP contribution in [0.1, 0.15) is 56.9 Å². The third-order valence-electron chi connectivity index (χ3n) is 5.68. The molecule has 176 valence electrons. The van der Waals surface area contributed by atoms with E-state index in [1.165, 1.54) is 6.07 Å². The Morgan fingerprint density at radius 1 is 0.875 bits per heavy atom. The second-order valence-corrected chi connectivity index (χ2v) is 8.02. The summed E-state index contributed by atoms with van der Waals surface area (Å²) in [6.07, 6.45) is 1.30. The molecule has 0 aliphatic heterocycles. The Morgan fingerprint density at radius 3 is 2.09 bits per heavy atom. The Bertz CT molecular complexity index is 917. The second kappa shape index (κ2) is 10.0. The van der Waals surface area contributed by atoms with Crippen molar-refractivity contribution < 1.29 is 40.2 Å². The molecule has 1 saturated carbocycles. The molecule has 0 N–H and O–H groups in total. The summed E-state index contributed by atoms with van der Waals surface area (Å²) in [6, 6.07) is 2.86. The van der Waals surface area contributed by atoms with Gasteiger partial charge >= 0.3 is 6.11 Å². The molecule has 1 aliphatic carbocycles. The van der Waals surface area contributed by atoms with Crippen molar-refractivity contribution in [2.45, 2.75) is 57.5 Å². The largest absolute Gasteiger partial charge is 0.480 e. The van der Waals surface area contributed by atoms with Crippen LogP contribution in [0.4, 0.5) is 30.7 Å². The van der Waals surface area contributed by atoms with Crippen LogP contribution >= 0.6 is 0 Å². The van der Waals surface area contributed by atoms with Crippen molar-refractivity contribution >= 4 is 0 Å². The first-order valence-corrected chi connectivity index (χ1v) is 10.4. The standard InChI is InChI=1S/C23H23F7O2/c1-2-3-13-4-6-14(7-5-13)16-8-9-19(22(28)20(16)26)31-12-23(29,30)32-15-10-17(24)21(27)18(25)11-15/h8-11,13-14H,2-7,12H2,1H3. The van der Waals surface area contributed by atoms with Crippen LogP contribution < -0.4 is 9.47 Å². The molecule has 0 amide bonds. The maximum atomic E-state index is 14.6. The number of rotatable bonds is 8. The van der Waals surface area contributed by atoms with Crippen molar-refractivity contribution in [3.8, 4) is 11.5 Å². The highest BCUT2D eigenvalue weighted by Gasteiger charge is 2.35. The quantitative estimate of drug-likeness (QED) is 0.297. The number of hydrogen-bond donors (Lipinski definition) is 0. The molecule has 0 radical (unpaired) electrons. The zero-order valence-corrected chi connectivity index (χ0v) is 17.4. The van der Waals surface area contributed by atoms with Crippen molar-refractivity contribution in [3.05, 3.63) is 58.9 Å². The van der Waals surface area contributed by atoms with Crippen LogP contribution in [0, 0.1) is 35.0 Å². The number of halogens is 7. The summed E-state index contributed by atoms with van der Waals surface area (Å²) in [4.78, 5) is 0. The molecule has 0 saturated heterocycles. The van der Waals surface area contributed by atoms with Gasteiger partial charge in [0.1, 0.15) is 5.75 Å². The van der Waals surface area contributed by atoms with Crippen LogP contribution in [-0.4, -0.2) is 12.7 Å². The van der Waals surface area contributed by atoms with Crippen LogP contribution in [0.5, 0.6) is 11.5 Å². The second-order valence-electron chi connectivity index (χ2n) is 8.02. The first-order chi connectivity index (χ1) is 15.1. The zero-order valence-electron chi connectivity index (χ0n) is 17.4. The van der Waals surface area contributed by atoms with E-state index in [-0.39, 0.29) is 23.6 Å². The van der Waals surface area contributed by atoms with Crippen LogP contribution in [0.15, 0.2) is 24.3 Å². The van der Waals surface area contributed by atoms with Gasteiger partial charge in [-0.3, -0.25) is 0 Å². The highest BCUT2D eigenvalue weighted by atomic mass is 19.3. The normalized spacial score (nSPS) is 19.1. The topological polar surface area (TPSA) is 18.5 Å². The Hall–Kier alpha value is -2.45. The van der Waals surface area contributed by atoms with Crippen LogP contribution in [0.25, 0.3) is 0 Å². The fraction of sp³-hybridized carbons (Fsp3) is 0.478. The summed E-state index contributed by atoms with van der Waals surface area (Å²) < 4.78 is 105. The van der Waals surface area contributed by atoms with E-state index in [9.17, 15) is 30.7 Å². The van der Waals surface area contributed by atoms with E-state index in [0.717, 1.165) is 44.6 Å². The third kappa shape index (κ3) is 5.66. The Balaban J connectivity index is 1.64. The van der Waals surface area contributed by atoms with E-state index >= 15 is 0 Å². The van der Waals surface area contributed by atoms with Crippen molar-refractivity contribution in [2.75, 3.05) is 6.61 Å². The van der Waals surface area contributed by atoms with Crippen molar-refractivity contribution in [2.24, 2.45) is 5.92 Å². The smallest absolute Gasteiger partial charge is 0.433 e. The highest BCUT2D eigenvalue weighted by Crippen LogP contribution is 2.40. The highest BCUT2D eigenvalue weighted by molar-refractivity contribution is 5.33. The average molecular weight is 464 g/mol. The van der Waals surface area contributed by atoms with E-state index in [0.29, 0.717) is 5.92 Å². The van der Waals surface area contributed by atoms with Gasteiger partial charge in [0.05, 0.1) is 0 Å². The molecular formula is C23H23F7O2. The SMILES string of the molecule is CCCC1CCC(c2ccc(OCC(F)(F)Oc3cc(F)c(F)c(F)c3)c(F)c2F)CC1. The maximum Gasteiger partial charge on any atom is 0.433 e. The Labute approximate surface area is 181 Å². The number of hydrogen-bond acceptors (Lipinski definition) is 2. The first kappa shape index (κ1) is 24.2. The minimum absolute atomic E-state index is 0.153. The lowest BCUT2D eigenvalue weighted by molar-refractivity contribution is -0.196. The van der Waals surface area contributed by atoms with Crippen LogP contribution in [0.3, 0.4) is 0 Å². The molecule has 2 nitrogen and oxygen atoms in total. The van der Waals surface area contributed by atoms with E-state index in [4.69, 9.17) is 0 Å². The summed E-state index contributed by atoms with van der Waals surface area (Å²) in [5, 5.41) is 0. The minimum atomic E-state index is -4.16. The fourth-order valence-electron chi connectivity index (χ4n) is 4.10. The monoisotopic (exact) mass is 464 g/mol. The molecule has 2 aromatic rings. The number of ether oxygens (including phenoxy) is 2. The van der Waals surface area contributed by atoms with Crippen LogP contribution in [0.2, 0.25) is 0 Å². The summed E-state index contributed by atoms with van der Waals surface area (Å²) in [6.45, 7) is 0.538. The van der Waals surface area contributed by atoms with Crippen molar-refractivity contribution in [3.63, 3.8) is 0 Å². The lowest BCUT2D eigenvalue weighted by Crippen LogP contribution is -2.32. The van der Waals surface area contributed by atoms with Gasteiger partial charge in [-0.25, -0.2) is 17.6 Å². The molecule has 0 heterocycles. The van der Waals surface area contributed by atoms with E-state index in [2.05, 4.69) is 16.4 Å². The molecule has 32 heavy (non-hydrogen) atoms. The first-order valence-electron chi connectivity index (χ1n) is 10.4. The summed E-state index contributed by atoms with van der Waals surface area (Å²) in [5.41, 5.74) is 0.185. The minimum Gasteiger partial charge on any atom is -0.480 e. The Kier molecular flexibility index (Phi) is 7.56. The van der Waals surface area contributed by atoms with Gasteiger partial charge in [-0.05, 0) is 49.1 Å². The summed E-state index contributed by atoms with van der Waals surface area (Å²) in [5.74, 6) is -9.12. The van der Waals surface area contributed by atoms with Gasteiger partial charge in [-0.2, -0.15) is 13.2 Å². The van der Waals surface area contributed by atoms with Gasteiger partial charge in [-0.15, -0.1) is 0 Å². The summed E-state index contributed by atoms with van der Waals surface area (Å²) in [7, 11) is 0. The predicted octanol–water partition coefficient (Wildman–Crippen LogP) is 7.51. The molecule has 2 aromatic carbocycles. The van der Waals surface area contributed by atoms with Gasteiger partial charge in [0.15, 0.2) is 35.6 Å². The van der Waals surface area contributed by atoms with E-state index in [1.807, 2.05) is 0 Å². The van der Waals surface area contributed by atoms with Gasteiger partial charge in [0.25, 0.3) is 0 Å². The molecule has 1 fully saturated rings. The van der Waals surface area contributed by atoms with Gasteiger partial charge in [-0.1, -0.05) is 25.8 Å². The van der Waals surface area contributed by atoms with Crippen molar-refractivity contribution in [1.82, 2.24) is 0 Å². The fourth-order valence-corrected chi connectivity index (χ4v) is 4.10. The van der Waals surface area contributed by atoms with E-state index in [1.54, 1.807) is 0 Å². The number of benzene rings is 2. The van der Waals surface area contributed by atoms with E-state index < -0.39 is 53.3 Å².